The summed E-state index contributed by atoms with van der Waals surface area (Å²) in [5, 5.41) is 17.8. The van der Waals surface area contributed by atoms with Gasteiger partial charge in [-0.1, -0.05) is 0 Å². The van der Waals surface area contributed by atoms with Crippen molar-refractivity contribution < 1.29 is 19.8 Å². The number of hydrogen-bond donors (Lipinski definition) is 2. The summed E-state index contributed by atoms with van der Waals surface area (Å²) in [6, 6.07) is 2.41. The summed E-state index contributed by atoms with van der Waals surface area (Å²) in [6.45, 7) is 1.57. The van der Waals surface area contributed by atoms with Crippen LogP contribution in [0.4, 0.5) is 0 Å². The molecule has 0 bridgehead atoms. The number of carboxylic acid groups (broad SMARTS) is 1. The average Bonchev–Trinajstić information content (AvgIpc) is 2.07. The van der Waals surface area contributed by atoms with Crippen molar-refractivity contribution in [3.8, 4) is 5.75 Å². The molecule has 0 spiro atoms. The third-order valence-corrected chi connectivity index (χ3v) is 1.73. The molecular formula is C9H8O4. The number of phenols is 1. The van der Waals surface area contributed by atoms with E-state index in [9.17, 15) is 14.7 Å². The number of carbonyl (C=O) groups excluding carboxylic acids is 1. The Bertz CT molecular complexity index is 368. The molecule has 4 nitrogen and oxygen atoms in total. The normalized spacial score (nSPS) is 9.62. The van der Waals surface area contributed by atoms with Crippen molar-refractivity contribution in [2.75, 3.05) is 0 Å². The van der Waals surface area contributed by atoms with Crippen molar-refractivity contribution in [3.05, 3.63) is 28.8 Å². The summed E-state index contributed by atoms with van der Waals surface area (Å²) in [4.78, 5) is 20.9. The van der Waals surface area contributed by atoms with Gasteiger partial charge in [-0.25, -0.2) is 4.79 Å². The van der Waals surface area contributed by atoms with Crippen LogP contribution in [-0.4, -0.2) is 22.5 Å². The van der Waals surface area contributed by atoms with E-state index in [1.807, 2.05) is 0 Å². The molecule has 0 atom stereocenters. The van der Waals surface area contributed by atoms with Gasteiger partial charge in [-0.05, 0) is 24.6 Å². The van der Waals surface area contributed by atoms with E-state index in [1.165, 1.54) is 6.07 Å². The summed E-state index contributed by atoms with van der Waals surface area (Å²) >= 11 is 0. The highest BCUT2D eigenvalue weighted by molar-refractivity contribution is 5.92. The number of carboxylic acids is 1. The molecule has 0 amide bonds. The van der Waals surface area contributed by atoms with Gasteiger partial charge in [0, 0.05) is 0 Å². The van der Waals surface area contributed by atoms with Crippen molar-refractivity contribution in [2.24, 2.45) is 0 Å². The van der Waals surface area contributed by atoms with Crippen LogP contribution < -0.4 is 0 Å². The van der Waals surface area contributed by atoms with Crippen molar-refractivity contribution in [1.29, 1.82) is 0 Å². The predicted octanol–water partition coefficient (Wildman–Crippen LogP) is 1.21. The number of aromatic carboxylic acids is 1. The van der Waals surface area contributed by atoms with Crippen LogP contribution in [0.15, 0.2) is 12.1 Å². The predicted molar refractivity (Wildman–Crippen MR) is 45.2 cm³/mol. The number of carbonyl (C=O) groups is 2. The van der Waals surface area contributed by atoms with E-state index in [4.69, 9.17) is 5.11 Å². The van der Waals surface area contributed by atoms with E-state index in [0.717, 1.165) is 6.07 Å². The van der Waals surface area contributed by atoms with Gasteiger partial charge in [-0.15, -0.1) is 0 Å². The molecule has 1 aromatic rings. The molecule has 13 heavy (non-hydrogen) atoms. The Morgan fingerprint density at radius 3 is 2.54 bits per heavy atom. The van der Waals surface area contributed by atoms with Crippen LogP contribution >= 0.6 is 0 Å². The Morgan fingerprint density at radius 1 is 1.46 bits per heavy atom. The number of benzene rings is 1. The SMILES string of the molecule is Cc1cc(C=O)c(O)cc1C(=O)O. The first-order chi connectivity index (χ1) is 6.06. The fourth-order valence-electron chi connectivity index (χ4n) is 1.04. The molecule has 4 heteroatoms. The van der Waals surface area contributed by atoms with Gasteiger partial charge in [0.25, 0.3) is 0 Å². The molecule has 2 N–H and O–H groups in total. The van der Waals surface area contributed by atoms with E-state index >= 15 is 0 Å². The quantitative estimate of drug-likeness (QED) is 0.671. The van der Waals surface area contributed by atoms with Gasteiger partial charge in [-0.2, -0.15) is 0 Å². The number of phenolic OH excluding ortho intramolecular Hbond substituents is 1. The van der Waals surface area contributed by atoms with E-state index < -0.39 is 5.97 Å². The number of aryl methyl sites for hydroxylation is 1. The Morgan fingerprint density at radius 2 is 2.08 bits per heavy atom. The largest absolute Gasteiger partial charge is 0.507 e. The minimum atomic E-state index is -1.12. The van der Waals surface area contributed by atoms with Gasteiger partial charge in [-0.3, -0.25) is 4.79 Å². The molecule has 0 saturated heterocycles. The molecule has 0 aliphatic heterocycles. The summed E-state index contributed by atoms with van der Waals surface area (Å²) in [5.74, 6) is -1.43. The lowest BCUT2D eigenvalue weighted by Crippen LogP contribution is -2.00. The van der Waals surface area contributed by atoms with Crippen LogP contribution in [0.1, 0.15) is 26.3 Å². The zero-order chi connectivity index (χ0) is 10.0. The van der Waals surface area contributed by atoms with Gasteiger partial charge < -0.3 is 10.2 Å². The highest BCUT2D eigenvalue weighted by Gasteiger charge is 2.10. The van der Waals surface area contributed by atoms with Gasteiger partial charge in [0.15, 0.2) is 6.29 Å². The molecule has 0 aliphatic carbocycles. The Kier molecular flexibility index (Phi) is 2.32. The fraction of sp³-hybridized carbons (Fsp3) is 0.111. The maximum Gasteiger partial charge on any atom is 0.336 e. The highest BCUT2D eigenvalue weighted by atomic mass is 16.4. The lowest BCUT2D eigenvalue weighted by Gasteiger charge is -2.03. The lowest BCUT2D eigenvalue weighted by atomic mass is 10.0. The Hall–Kier alpha value is -1.84. The molecule has 0 saturated carbocycles. The van der Waals surface area contributed by atoms with Crippen LogP contribution in [0, 0.1) is 6.92 Å². The number of hydrogen-bond acceptors (Lipinski definition) is 3. The van der Waals surface area contributed by atoms with Crippen LogP contribution in [-0.2, 0) is 0 Å². The maximum absolute atomic E-state index is 10.6. The van der Waals surface area contributed by atoms with Gasteiger partial charge in [0.2, 0.25) is 0 Å². The van der Waals surface area contributed by atoms with Crippen molar-refractivity contribution in [3.63, 3.8) is 0 Å². The second-order valence-corrected chi connectivity index (χ2v) is 2.65. The minimum Gasteiger partial charge on any atom is -0.507 e. The average molecular weight is 180 g/mol. The second kappa shape index (κ2) is 3.26. The smallest absolute Gasteiger partial charge is 0.336 e. The Labute approximate surface area is 74.4 Å². The minimum absolute atomic E-state index is 0.00287. The van der Waals surface area contributed by atoms with Crippen LogP contribution in [0.25, 0.3) is 0 Å². The third kappa shape index (κ3) is 1.66. The first-order valence-corrected chi connectivity index (χ1v) is 3.58. The van der Waals surface area contributed by atoms with E-state index in [2.05, 4.69) is 0 Å². The first-order valence-electron chi connectivity index (χ1n) is 3.58. The molecule has 0 radical (unpaired) electrons. The first kappa shape index (κ1) is 9.25. The number of rotatable bonds is 2. The van der Waals surface area contributed by atoms with Gasteiger partial charge in [0.1, 0.15) is 5.75 Å². The van der Waals surface area contributed by atoms with Crippen LogP contribution in [0.5, 0.6) is 5.75 Å². The Balaban J connectivity index is 3.36. The zero-order valence-corrected chi connectivity index (χ0v) is 6.94. The molecule has 1 aromatic carbocycles. The summed E-state index contributed by atoms with van der Waals surface area (Å²) in [7, 11) is 0. The monoisotopic (exact) mass is 180 g/mol. The molecule has 0 aliphatic rings. The van der Waals surface area contributed by atoms with Crippen molar-refractivity contribution in [2.45, 2.75) is 6.92 Å². The number of aldehydes is 1. The standard InChI is InChI=1S/C9H8O4/c1-5-2-6(4-10)8(11)3-7(5)9(12)13/h2-4,11H,1H3,(H,12,13). The third-order valence-electron chi connectivity index (χ3n) is 1.73. The topological polar surface area (TPSA) is 74.6 Å². The molecule has 0 fully saturated rings. The molecule has 1 rings (SSSR count). The van der Waals surface area contributed by atoms with Crippen LogP contribution in [0.3, 0.4) is 0 Å². The molecule has 0 aromatic heterocycles. The van der Waals surface area contributed by atoms with Crippen LogP contribution in [0.2, 0.25) is 0 Å². The molecule has 0 heterocycles. The van der Waals surface area contributed by atoms with Crippen molar-refractivity contribution >= 4 is 12.3 Å². The second-order valence-electron chi connectivity index (χ2n) is 2.65. The molecule has 0 unspecified atom stereocenters. The van der Waals surface area contributed by atoms with E-state index in [1.54, 1.807) is 6.92 Å². The van der Waals surface area contributed by atoms with Crippen molar-refractivity contribution in [1.82, 2.24) is 0 Å². The van der Waals surface area contributed by atoms with Gasteiger partial charge >= 0.3 is 5.97 Å². The lowest BCUT2D eigenvalue weighted by molar-refractivity contribution is 0.0695. The summed E-state index contributed by atoms with van der Waals surface area (Å²) < 4.78 is 0. The molecule has 68 valence electrons. The van der Waals surface area contributed by atoms with E-state index in [-0.39, 0.29) is 16.9 Å². The molecular weight excluding hydrogens is 172 g/mol. The highest BCUT2D eigenvalue weighted by Crippen LogP contribution is 2.20. The summed E-state index contributed by atoms with van der Waals surface area (Å²) in [5.41, 5.74) is 0.554. The fourth-order valence-corrected chi connectivity index (χ4v) is 1.04. The van der Waals surface area contributed by atoms with Gasteiger partial charge in [0.05, 0.1) is 11.1 Å². The zero-order valence-electron chi connectivity index (χ0n) is 6.94. The maximum atomic E-state index is 10.6. The van der Waals surface area contributed by atoms with E-state index in [0.29, 0.717) is 11.8 Å². The summed E-state index contributed by atoms with van der Waals surface area (Å²) in [6.07, 6.45) is 0.480. The number of aromatic hydroxyl groups is 1.